The Bertz CT molecular complexity index is 1010. The van der Waals surface area contributed by atoms with Crippen LogP contribution in [0.5, 0.6) is 0 Å². The molecule has 0 amide bonds. The van der Waals surface area contributed by atoms with Crippen molar-refractivity contribution in [2.45, 2.75) is 26.2 Å². The van der Waals surface area contributed by atoms with Gasteiger partial charge in [0, 0.05) is 36.5 Å². The van der Waals surface area contributed by atoms with Crippen LogP contribution in [-0.4, -0.2) is 26.3 Å². The van der Waals surface area contributed by atoms with Gasteiger partial charge in [-0.2, -0.15) is 5.10 Å². The number of terminal acetylenes is 1. The summed E-state index contributed by atoms with van der Waals surface area (Å²) in [6.07, 6.45) is 11.0. The van der Waals surface area contributed by atoms with Crippen LogP contribution in [0.3, 0.4) is 0 Å². The summed E-state index contributed by atoms with van der Waals surface area (Å²) in [7, 11) is 0. The highest BCUT2D eigenvalue weighted by molar-refractivity contribution is 5.97. The summed E-state index contributed by atoms with van der Waals surface area (Å²) in [5.74, 6) is 2.34. The van der Waals surface area contributed by atoms with Gasteiger partial charge in [-0.3, -0.25) is 14.6 Å². The van der Waals surface area contributed by atoms with Crippen molar-refractivity contribution in [2.75, 3.05) is 0 Å². The maximum Gasteiger partial charge on any atom is 0.167 e. The van der Waals surface area contributed by atoms with Crippen molar-refractivity contribution in [1.82, 2.24) is 14.8 Å². The normalized spacial score (nSPS) is 10.4. The van der Waals surface area contributed by atoms with Crippen LogP contribution in [0.1, 0.15) is 33.6 Å². The zero-order valence-electron chi connectivity index (χ0n) is 15.1. The molecule has 5 nitrogen and oxygen atoms in total. The summed E-state index contributed by atoms with van der Waals surface area (Å²) >= 11 is 0. The van der Waals surface area contributed by atoms with Crippen molar-refractivity contribution in [3.63, 3.8) is 0 Å². The fraction of sp³-hybridized carbons (Fsp3) is 0.182. The summed E-state index contributed by atoms with van der Waals surface area (Å²) < 4.78 is 1.66. The SMILES string of the molecule is C#CCC(=O)Cc1cnn(-c2cccc(C(=O)Cc3ccc(C)nc3)c2)c1. The summed E-state index contributed by atoms with van der Waals surface area (Å²) in [5, 5.41) is 4.29. The molecule has 0 unspecified atom stereocenters. The van der Waals surface area contributed by atoms with Gasteiger partial charge in [0.05, 0.1) is 18.3 Å². The number of benzene rings is 1. The molecule has 3 rings (SSSR count). The van der Waals surface area contributed by atoms with E-state index in [0.29, 0.717) is 12.0 Å². The third-order valence-electron chi connectivity index (χ3n) is 4.11. The second kappa shape index (κ2) is 8.24. The first-order valence-electron chi connectivity index (χ1n) is 8.59. The van der Waals surface area contributed by atoms with Crippen molar-refractivity contribution >= 4 is 11.6 Å². The van der Waals surface area contributed by atoms with Gasteiger partial charge in [-0.1, -0.05) is 24.1 Å². The highest BCUT2D eigenvalue weighted by Gasteiger charge is 2.10. The number of aromatic nitrogens is 3. The Morgan fingerprint density at radius 1 is 1.11 bits per heavy atom. The molecule has 0 radical (unpaired) electrons. The van der Waals surface area contributed by atoms with E-state index in [1.807, 2.05) is 31.2 Å². The molecular weight excluding hydrogens is 338 g/mol. The highest BCUT2D eigenvalue weighted by atomic mass is 16.1. The minimum atomic E-state index is -0.0207. The number of aryl methyl sites for hydroxylation is 1. The van der Waals surface area contributed by atoms with E-state index in [2.05, 4.69) is 16.0 Å². The molecule has 0 saturated heterocycles. The van der Waals surface area contributed by atoms with Crippen LogP contribution in [-0.2, 0) is 17.6 Å². The molecule has 27 heavy (non-hydrogen) atoms. The van der Waals surface area contributed by atoms with Crippen molar-refractivity contribution in [3.8, 4) is 18.0 Å². The second-order valence-electron chi connectivity index (χ2n) is 6.35. The van der Waals surface area contributed by atoms with Gasteiger partial charge in [-0.05, 0) is 36.2 Å². The monoisotopic (exact) mass is 357 g/mol. The van der Waals surface area contributed by atoms with Gasteiger partial charge in [0.15, 0.2) is 5.78 Å². The molecule has 3 aromatic rings. The predicted octanol–water partition coefficient (Wildman–Crippen LogP) is 3.14. The van der Waals surface area contributed by atoms with E-state index in [-0.39, 0.29) is 24.4 Å². The van der Waals surface area contributed by atoms with Crippen LogP contribution in [0, 0.1) is 19.3 Å². The second-order valence-corrected chi connectivity index (χ2v) is 6.35. The summed E-state index contributed by atoms with van der Waals surface area (Å²) in [6.45, 7) is 1.91. The fourth-order valence-electron chi connectivity index (χ4n) is 2.71. The Morgan fingerprint density at radius 2 is 1.96 bits per heavy atom. The van der Waals surface area contributed by atoms with Gasteiger partial charge in [0.25, 0.3) is 0 Å². The van der Waals surface area contributed by atoms with Crippen LogP contribution >= 0.6 is 0 Å². The van der Waals surface area contributed by atoms with E-state index in [4.69, 9.17) is 6.42 Å². The first kappa shape index (κ1) is 18.3. The van der Waals surface area contributed by atoms with Gasteiger partial charge in [-0.15, -0.1) is 6.42 Å². The average molecular weight is 357 g/mol. The standard InChI is InChI=1S/C22H19N3O2/c1-3-5-21(26)10-18-14-24-25(15-18)20-7-4-6-19(12-20)22(27)11-17-9-8-16(2)23-13-17/h1,4,6-9,12-15H,5,10-11H2,2H3. The van der Waals surface area contributed by atoms with E-state index in [1.165, 1.54) is 0 Å². The lowest BCUT2D eigenvalue weighted by Gasteiger charge is -2.05. The van der Waals surface area contributed by atoms with Crippen molar-refractivity contribution in [2.24, 2.45) is 0 Å². The number of rotatable bonds is 7. The topological polar surface area (TPSA) is 64.8 Å². The molecule has 0 fully saturated rings. The van der Waals surface area contributed by atoms with Crippen LogP contribution in [0.4, 0.5) is 0 Å². The largest absolute Gasteiger partial charge is 0.298 e. The van der Waals surface area contributed by atoms with Crippen LogP contribution in [0.15, 0.2) is 55.0 Å². The number of Topliss-reactive ketones (excluding diaryl/α,β-unsaturated/α-hetero) is 2. The van der Waals surface area contributed by atoms with E-state index in [0.717, 1.165) is 22.5 Å². The molecule has 0 spiro atoms. The minimum Gasteiger partial charge on any atom is -0.298 e. The molecular formula is C22H19N3O2. The van der Waals surface area contributed by atoms with Gasteiger partial charge in [-0.25, -0.2) is 4.68 Å². The Labute approximate surface area is 158 Å². The highest BCUT2D eigenvalue weighted by Crippen LogP contribution is 2.14. The molecule has 134 valence electrons. The molecule has 0 aliphatic heterocycles. The maximum atomic E-state index is 12.6. The zero-order chi connectivity index (χ0) is 19.2. The van der Waals surface area contributed by atoms with Crippen molar-refractivity contribution < 1.29 is 9.59 Å². The molecule has 5 heteroatoms. The van der Waals surface area contributed by atoms with Crippen molar-refractivity contribution in [3.05, 3.63) is 77.4 Å². The molecule has 2 heterocycles. The van der Waals surface area contributed by atoms with Gasteiger partial charge in [0.1, 0.15) is 5.78 Å². The third-order valence-corrected chi connectivity index (χ3v) is 4.11. The number of hydrogen-bond acceptors (Lipinski definition) is 4. The zero-order valence-corrected chi connectivity index (χ0v) is 15.1. The van der Waals surface area contributed by atoms with Crippen LogP contribution < -0.4 is 0 Å². The number of pyridine rings is 1. The van der Waals surface area contributed by atoms with E-state index < -0.39 is 0 Å². The maximum absolute atomic E-state index is 12.6. The molecule has 0 aliphatic carbocycles. The Kier molecular flexibility index (Phi) is 5.58. The van der Waals surface area contributed by atoms with Gasteiger partial charge >= 0.3 is 0 Å². The van der Waals surface area contributed by atoms with E-state index in [1.54, 1.807) is 35.4 Å². The number of carbonyl (C=O) groups excluding carboxylic acids is 2. The van der Waals surface area contributed by atoms with E-state index in [9.17, 15) is 9.59 Å². The first-order chi connectivity index (χ1) is 13.0. The smallest absolute Gasteiger partial charge is 0.167 e. The molecule has 0 atom stereocenters. The molecule has 0 aliphatic rings. The number of hydrogen-bond donors (Lipinski definition) is 0. The minimum absolute atomic E-state index is 0.0130. The molecule has 2 aromatic heterocycles. The fourth-order valence-corrected chi connectivity index (χ4v) is 2.71. The lowest BCUT2D eigenvalue weighted by Crippen LogP contribution is -2.05. The lowest BCUT2D eigenvalue weighted by atomic mass is 10.0. The van der Waals surface area contributed by atoms with Gasteiger partial charge < -0.3 is 0 Å². The van der Waals surface area contributed by atoms with E-state index >= 15 is 0 Å². The molecule has 1 aromatic carbocycles. The third kappa shape index (κ3) is 4.77. The number of carbonyl (C=O) groups is 2. The average Bonchev–Trinajstić information content (AvgIpc) is 3.12. The summed E-state index contributed by atoms with van der Waals surface area (Å²) in [6, 6.07) is 11.1. The summed E-state index contributed by atoms with van der Waals surface area (Å²) in [5.41, 5.74) is 3.96. The van der Waals surface area contributed by atoms with Gasteiger partial charge in [0.2, 0.25) is 0 Å². The quantitative estimate of drug-likeness (QED) is 0.481. The number of nitrogens with zero attached hydrogens (tertiary/aromatic N) is 3. The molecule has 0 N–H and O–H groups in total. The number of ketones is 2. The Hall–Kier alpha value is -3.52. The van der Waals surface area contributed by atoms with Crippen LogP contribution in [0.25, 0.3) is 5.69 Å². The van der Waals surface area contributed by atoms with Crippen molar-refractivity contribution in [1.29, 1.82) is 0 Å². The van der Waals surface area contributed by atoms with Crippen LogP contribution in [0.2, 0.25) is 0 Å². The Balaban J connectivity index is 1.74. The lowest BCUT2D eigenvalue weighted by molar-refractivity contribution is -0.117. The predicted molar refractivity (Wildman–Crippen MR) is 103 cm³/mol. The summed E-state index contributed by atoms with van der Waals surface area (Å²) in [4.78, 5) is 28.5. The molecule has 0 saturated carbocycles. The first-order valence-corrected chi connectivity index (χ1v) is 8.59. The molecule has 0 bridgehead atoms. The Morgan fingerprint density at radius 3 is 2.70 bits per heavy atom.